The van der Waals surface area contributed by atoms with Crippen LogP contribution >= 0.6 is 11.6 Å². The molecule has 1 saturated carbocycles. The van der Waals surface area contributed by atoms with E-state index in [0.29, 0.717) is 17.4 Å². The van der Waals surface area contributed by atoms with E-state index in [1.165, 1.54) is 35.2 Å². The predicted molar refractivity (Wildman–Crippen MR) is 185 cm³/mol. The molecule has 4 aromatic rings. The van der Waals surface area contributed by atoms with Crippen molar-refractivity contribution in [2.24, 2.45) is 0 Å². The van der Waals surface area contributed by atoms with Crippen molar-refractivity contribution >= 4 is 39.1 Å². The highest BCUT2D eigenvalue weighted by Gasteiger charge is 2.36. The summed E-state index contributed by atoms with van der Waals surface area (Å²) in [6.45, 7) is 1.35. The zero-order valence-corrected chi connectivity index (χ0v) is 28.3. The van der Waals surface area contributed by atoms with Gasteiger partial charge in [-0.25, -0.2) is 12.8 Å². The number of anilines is 1. The average molecular weight is 692 g/mol. The van der Waals surface area contributed by atoms with Crippen molar-refractivity contribution < 1.29 is 27.1 Å². The molecule has 1 atom stereocenters. The maximum atomic E-state index is 15.1. The van der Waals surface area contributed by atoms with Crippen LogP contribution in [0, 0.1) is 5.82 Å². The first-order valence-corrected chi connectivity index (χ1v) is 17.9. The number of hydrogen-bond donors (Lipinski definition) is 1. The molecule has 0 radical (unpaired) electrons. The van der Waals surface area contributed by atoms with Gasteiger partial charge in [-0.3, -0.25) is 13.9 Å². The van der Waals surface area contributed by atoms with Gasteiger partial charge in [-0.2, -0.15) is 0 Å². The Morgan fingerprint density at radius 2 is 1.56 bits per heavy atom. The quantitative estimate of drug-likeness (QED) is 0.158. The molecule has 0 bridgehead atoms. The minimum atomic E-state index is -4.32. The molecule has 1 aliphatic rings. The van der Waals surface area contributed by atoms with Crippen molar-refractivity contribution in [3.8, 4) is 5.75 Å². The Kier molecular flexibility index (Phi) is 11.7. The van der Waals surface area contributed by atoms with Crippen LogP contribution < -0.4 is 14.4 Å². The van der Waals surface area contributed by atoms with Crippen LogP contribution in [-0.4, -0.2) is 50.4 Å². The van der Waals surface area contributed by atoms with Gasteiger partial charge >= 0.3 is 0 Å². The van der Waals surface area contributed by atoms with Gasteiger partial charge in [0.15, 0.2) is 0 Å². The monoisotopic (exact) mass is 691 g/mol. The van der Waals surface area contributed by atoms with Crippen LogP contribution in [0.15, 0.2) is 108 Å². The minimum absolute atomic E-state index is 0.0354. The van der Waals surface area contributed by atoms with E-state index in [1.807, 2.05) is 37.3 Å². The summed E-state index contributed by atoms with van der Waals surface area (Å²) in [6, 6.07) is 26.2. The van der Waals surface area contributed by atoms with E-state index in [2.05, 4.69) is 5.32 Å². The van der Waals surface area contributed by atoms with Crippen LogP contribution in [0.3, 0.4) is 0 Å². The lowest BCUT2D eigenvalue weighted by Crippen LogP contribution is -2.54. The van der Waals surface area contributed by atoms with Gasteiger partial charge in [0.2, 0.25) is 11.8 Å². The standard InChI is InChI=1S/C37H39ClFN3O5S/c1-2-47-32-20-18-31(19-21-32)42(48(45,46)33-22-16-29(38)17-23-33)26-36(43)41(25-28-12-6-9-15-34(28)39)35(24-27-10-4-3-5-11-27)37(44)40-30-13-7-8-14-30/h3-6,9-12,15-23,30,35H,2,7-8,13-14,24-26H2,1H3,(H,40,44). The number of sulfonamides is 1. The van der Waals surface area contributed by atoms with Crippen LogP contribution in [0.5, 0.6) is 5.75 Å². The molecule has 11 heteroatoms. The molecule has 5 rings (SSSR count). The van der Waals surface area contributed by atoms with E-state index < -0.39 is 34.3 Å². The molecule has 0 aromatic heterocycles. The Bertz CT molecular complexity index is 1780. The molecule has 1 aliphatic carbocycles. The number of nitrogens with zero attached hydrogens (tertiary/aromatic N) is 2. The molecule has 0 spiro atoms. The molecule has 0 heterocycles. The molecule has 8 nitrogen and oxygen atoms in total. The summed E-state index contributed by atoms with van der Waals surface area (Å²) in [4.78, 5) is 29.9. The van der Waals surface area contributed by atoms with E-state index in [9.17, 15) is 18.0 Å². The molecular formula is C37H39ClFN3O5S. The van der Waals surface area contributed by atoms with Gasteiger partial charge in [-0.05, 0) is 79.9 Å². The Labute approximate surface area is 286 Å². The molecule has 4 aromatic carbocycles. The number of nitrogens with one attached hydrogen (secondary N) is 1. The molecule has 48 heavy (non-hydrogen) atoms. The van der Waals surface area contributed by atoms with E-state index in [-0.39, 0.29) is 41.1 Å². The average Bonchev–Trinajstić information content (AvgIpc) is 3.60. The Morgan fingerprint density at radius 1 is 0.917 bits per heavy atom. The van der Waals surface area contributed by atoms with E-state index >= 15 is 4.39 Å². The molecule has 1 fully saturated rings. The lowest BCUT2D eigenvalue weighted by atomic mass is 10.0. The van der Waals surface area contributed by atoms with Gasteiger partial charge in [0.25, 0.3) is 10.0 Å². The third-order valence-corrected chi connectivity index (χ3v) is 10.4. The summed E-state index contributed by atoms with van der Waals surface area (Å²) in [7, 11) is -4.32. The molecular weight excluding hydrogens is 653 g/mol. The van der Waals surface area contributed by atoms with Crippen LogP contribution in [0.2, 0.25) is 5.02 Å². The fourth-order valence-corrected chi connectivity index (χ4v) is 7.41. The fourth-order valence-electron chi connectivity index (χ4n) is 5.87. The second kappa shape index (κ2) is 16.1. The van der Waals surface area contributed by atoms with E-state index in [4.69, 9.17) is 16.3 Å². The van der Waals surface area contributed by atoms with Gasteiger partial charge < -0.3 is 15.0 Å². The predicted octanol–water partition coefficient (Wildman–Crippen LogP) is 6.77. The maximum absolute atomic E-state index is 15.1. The number of carbonyl (C=O) groups excluding carboxylic acids is 2. The van der Waals surface area contributed by atoms with Gasteiger partial charge in [0, 0.05) is 29.6 Å². The number of hydrogen-bond acceptors (Lipinski definition) is 5. The molecule has 2 amide bonds. The largest absolute Gasteiger partial charge is 0.494 e. The normalized spacial score (nSPS) is 13.9. The topological polar surface area (TPSA) is 96.0 Å². The number of halogens is 2. The number of ether oxygens (including phenoxy) is 1. The Hall–Kier alpha value is -4.41. The summed E-state index contributed by atoms with van der Waals surface area (Å²) >= 11 is 6.06. The summed E-state index contributed by atoms with van der Waals surface area (Å²) in [5, 5.41) is 3.47. The second-order valence-corrected chi connectivity index (χ2v) is 14.0. The molecule has 1 unspecified atom stereocenters. The first-order valence-electron chi connectivity index (χ1n) is 16.0. The first-order chi connectivity index (χ1) is 23.2. The van der Waals surface area contributed by atoms with Crippen molar-refractivity contribution in [3.05, 3.63) is 125 Å². The SMILES string of the molecule is CCOc1ccc(N(CC(=O)N(Cc2ccccc2F)C(Cc2ccccc2)C(=O)NC2CCCC2)S(=O)(=O)c2ccc(Cl)cc2)cc1. The van der Waals surface area contributed by atoms with Crippen molar-refractivity contribution in [3.63, 3.8) is 0 Å². The van der Waals surface area contributed by atoms with E-state index in [1.54, 1.807) is 42.5 Å². The van der Waals surface area contributed by atoms with E-state index in [0.717, 1.165) is 35.6 Å². The summed E-state index contributed by atoms with van der Waals surface area (Å²) in [5.41, 5.74) is 1.21. The number of rotatable bonds is 14. The van der Waals surface area contributed by atoms with Gasteiger partial charge in [-0.1, -0.05) is 73.0 Å². The van der Waals surface area contributed by atoms with Crippen molar-refractivity contribution in [1.82, 2.24) is 10.2 Å². The summed E-state index contributed by atoms with van der Waals surface area (Å²) < 4.78 is 50.1. The number of carbonyl (C=O) groups is 2. The lowest BCUT2D eigenvalue weighted by Gasteiger charge is -2.34. The molecule has 1 N–H and O–H groups in total. The Balaban J connectivity index is 1.57. The Morgan fingerprint density at radius 3 is 2.21 bits per heavy atom. The minimum Gasteiger partial charge on any atom is -0.494 e. The highest BCUT2D eigenvalue weighted by molar-refractivity contribution is 7.92. The maximum Gasteiger partial charge on any atom is 0.264 e. The highest BCUT2D eigenvalue weighted by Crippen LogP contribution is 2.28. The molecule has 0 saturated heterocycles. The van der Waals surface area contributed by atoms with Gasteiger partial charge in [-0.15, -0.1) is 0 Å². The third kappa shape index (κ3) is 8.73. The molecule has 0 aliphatic heterocycles. The fraction of sp³-hybridized carbons (Fsp3) is 0.297. The smallest absolute Gasteiger partial charge is 0.264 e. The first kappa shape index (κ1) is 34.9. The van der Waals surface area contributed by atoms with Crippen molar-refractivity contribution in [1.29, 1.82) is 0 Å². The van der Waals surface area contributed by atoms with Crippen LogP contribution in [0.25, 0.3) is 0 Å². The van der Waals surface area contributed by atoms with Crippen molar-refractivity contribution in [2.45, 2.75) is 62.6 Å². The summed E-state index contributed by atoms with van der Waals surface area (Å²) in [6.07, 6.45) is 3.79. The highest BCUT2D eigenvalue weighted by atomic mass is 35.5. The zero-order chi connectivity index (χ0) is 34.1. The van der Waals surface area contributed by atoms with Crippen molar-refractivity contribution in [2.75, 3.05) is 17.5 Å². The number of amides is 2. The zero-order valence-electron chi connectivity index (χ0n) is 26.7. The van der Waals surface area contributed by atoms with Crippen LogP contribution in [0.4, 0.5) is 10.1 Å². The third-order valence-electron chi connectivity index (χ3n) is 8.39. The molecule has 252 valence electrons. The second-order valence-electron chi connectivity index (χ2n) is 11.7. The summed E-state index contributed by atoms with van der Waals surface area (Å²) in [5.74, 6) is -1.05. The number of benzene rings is 4. The lowest BCUT2D eigenvalue weighted by molar-refractivity contribution is -0.140. The van der Waals surface area contributed by atoms with Gasteiger partial charge in [0.05, 0.1) is 17.2 Å². The van der Waals surface area contributed by atoms with Crippen LogP contribution in [-0.2, 0) is 32.6 Å². The van der Waals surface area contributed by atoms with Crippen LogP contribution in [0.1, 0.15) is 43.7 Å². The van der Waals surface area contributed by atoms with Gasteiger partial charge in [0.1, 0.15) is 24.2 Å².